The second kappa shape index (κ2) is 21.1. The normalized spacial score (nSPS) is 11.0. The van der Waals surface area contributed by atoms with Gasteiger partial charge in [0.1, 0.15) is 11.5 Å². The van der Waals surface area contributed by atoms with E-state index in [0.717, 1.165) is 50.3 Å². The lowest BCUT2D eigenvalue weighted by Crippen LogP contribution is -2.07. The van der Waals surface area contributed by atoms with Crippen LogP contribution in [0.4, 0.5) is 0 Å². The molecule has 0 saturated heterocycles. The van der Waals surface area contributed by atoms with Gasteiger partial charge in [0.2, 0.25) is 0 Å². The Morgan fingerprint density at radius 3 is 1.27 bits per heavy atom. The molecule has 0 aromatic heterocycles. The van der Waals surface area contributed by atoms with Crippen LogP contribution in [0.2, 0.25) is 0 Å². The highest BCUT2D eigenvalue weighted by atomic mass is 32.2. The van der Waals surface area contributed by atoms with Crippen LogP contribution in [0.15, 0.2) is 46.2 Å². The van der Waals surface area contributed by atoms with E-state index in [1.807, 2.05) is 0 Å². The average molecular weight is 587 g/mol. The van der Waals surface area contributed by atoms with Crippen molar-refractivity contribution in [1.29, 1.82) is 0 Å². The van der Waals surface area contributed by atoms with Crippen molar-refractivity contribution in [1.82, 2.24) is 0 Å². The van der Waals surface area contributed by atoms with Gasteiger partial charge in [0, 0.05) is 0 Å². The maximum Gasteiger partial charge on any atom is 0.338 e. The Kier molecular flexibility index (Phi) is 17.8. The Morgan fingerprint density at radius 1 is 0.561 bits per heavy atom. The summed E-state index contributed by atoms with van der Waals surface area (Å²) in [5.41, 5.74) is 0.649. The lowest BCUT2D eigenvalue weighted by Gasteiger charge is -2.11. The second-order valence-electron chi connectivity index (χ2n) is 10.7. The third-order valence-electron chi connectivity index (χ3n) is 7.07. The summed E-state index contributed by atoms with van der Waals surface area (Å²) in [5.74, 6) is -0.956. The van der Waals surface area contributed by atoms with E-state index in [-0.39, 0.29) is 11.5 Å². The molecule has 0 radical (unpaired) electrons. The van der Waals surface area contributed by atoms with Crippen LogP contribution in [0.25, 0.3) is 0 Å². The number of ether oxygens (including phenoxy) is 2. The van der Waals surface area contributed by atoms with Gasteiger partial charge in [-0.05, 0) is 49.2 Å². The van der Waals surface area contributed by atoms with Gasteiger partial charge in [-0.15, -0.1) is 0 Å². The van der Waals surface area contributed by atoms with Gasteiger partial charge in [-0.25, -0.2) is 9.59 Å². The SMILES string of the molecule is CCCCCCCCCCOC(=O)c1ccc(O)c(Sc2cc(C(=O)OCCCCCCCCCC)ccc2O)c1. The predicted octanol–water partition coefficient (Wildman–Crippen LogP) is 9.84. The van der Waals surface area contributed by atoms with Crippen molar-refractivity contribution in [3.05, 3.63) is 47.5 Å². The number of hydrogen-bond donors (Lipinski definition) is 2. The van der Waals surface area contributed by atoms with E-state index in [2.05, 4.69) is 13.8 Å². The number of esters is 2. The minimum Gasteiger partial charge on any atom is -0.507 e. The lowest BCUT2D eigenvalue weighted by atomic mass is 10.1. The Balaban J connectivity index is 1.82. The highest BCUT2D eigenvalue weighted by molar-refractivity contribution is 7.99. The molecule has 0 spiro atoms. The zero-order valence-corrected chi connectivity index (χ0v) is 25.9. The van der Waals surface area contributed by atoms with Gasteiger partial charge < -0.3 is 19.7 Å². The number of rotatable bonds is 22. The standard InChI is InChI=1S/C34H50O6S/c1-3-5-7-9-11-13-15-17-23-39-33(37)27-19-21-29(35)31(25-27)41-32-26-28(20-22-30(32)36)34(38)40-24-18-16-14-12-10-8-6-4-2/h19-22,25-26,35-36H,3-18,23-24H2,1-2H3. The van der Waals surface area contributed by atoms with Crippen molar-refractivity contribution in [3.8, 4) is 11.5 Å². The van der Waals surface area contributed by atoms with Gasteiger partial charge in [-0.2, -0.15) is 0 Å². The van der Waals surface area contributed by atoms with Crippen LogP contribution in [0.3, 0.4) is 0 Å². The van der Waals surface area contributed by atoms with E-state index < -0.39 is 11.9 Å². The summed E-state index contributed by atoms with van der Waals surface area (Å²) in [6.45, 7) is 5.15. The number of phenols is 2. The minimum atomic E-state index is -0.447. The summed E-state index contributed by atoms with van der Waals surface area (Å²) in [6.07, 6.45) is 18.7. The Morgan fingerprint density at radius 2 is 0.902 bits per heavy atom. The molecule has 0 unspecified atom stereocenters. The fourth-order valence-electron chi connectivity index (χ4n) is 4.53. The van der Waals surface area contributed by atoms with Crippen LogP contribution >= 0.6 is 11.8 Å². The van der Waals surface area contributed by atoms with Crippen molar-refractivity contribution in [2.75, 3.05) is 13.2 Å². The van der Waals surface area contributed by atoms with E-state index in [0.29, 0.717) is 34.1 Å². The number of unbranched alkanes of at least 4 members (excludes halogenated alkanes) is 14. The van der Waals surface area contributed by atoms with E-state index in [1.54, 1.807) is 12.1 Å². The van der Waals surface area contributed by atoms with Crippen molar-refractivity contribution >= 4 is 23.7 Å². The molecule has 2 aromatic rings. The van der Waals surface area contributed by atoms with Crippen molar-refractivity contribution in [3.63, 3.8) is 0 Å². The van der Waals surface area contributed by atoms with Crippen LogP contribution in [0.1, 0.15) is 137 Å². The number of aromatic hydroxyl groups is 2. The van der Waals surface area contributed by atoms with E-state index >= 15 is 0 Å². The Labute approximate surface area is 251 Å². The number of carbonyl (C=O) groups excluding carboxylic acids is 2. The highest BCUT2D eigenvalue weighted by Crippen LogP contribution is 2.39. The molecule has 7 heteroatoms. The van der Waals surface area contributed by atoms with Crippen LogP contribution in [0, 0.1) is 0 Å². The smallest absolute Gasteiger partial charge is 0.338 e. The monoisotopic (exact) mass is 586 g/mol. The second-order valence-corrected chi connectivity index (χ2v) is 11.8. The highest BCUT2D eigenvalue weighted by Gasteiger charge is 2.16. The average Bonchev–Trinajstić information content (AvgIpc) is 2.97. The third-order valence-corrected chi connectivity index (χ3v) is 8.17. The van der Waals surface area contributed by atoms with Crippen molar-refractivity contribution < 1.29 is 29.3 Å². The molecule has 0 aliphatic heterocycles. The Bertz CT molecular complexity index is 956. The maximum atomic E-state index is 12.6. The zero-order valence-electron chi connectivity index (χ0n) is 25.1. The summed E-state index contributed by atoms with van der Waals surface area (Å²) in [6, 6.07) is 9.01. The first-order valence-electron chi connectivity index (χ1n) is 15.6. The molecule has 0 bridgehead atoms. The number of hydrogen-bond acceptors (Lipinski definition) is 7. The number of benzene rings is 2. The van der Waals surface area contributed by atoms with Gasteiger partial charge in [0.15, 0.2) is 0 Å². The molecule has 2 rings (SSSR count). The topological polar surface area (TPSA) is 93.1 Å². The van der Waals surface area contributed by atoms with Gasteiger partial charge in [0.25, 0.3) is 0 Å². The molecule has 0 fully saturated rings. The van der Waals surface area contributed by atoms with E-state index in [1.165, 1.54) is 88.5 Å². The van der Waals surface area contributed by atoms with E-state index in [4.69, 9.17) is 9.47 Å². The van der Waals surface area contributed by atoms with Gasteiger partial charge >= 0.3 is 11.9 Å². The molecule has 2 aromatic carbocycles. The van der Waals surface area contributed by atoms with Crippen LogP contribution < -0.4 is 0 Å². The summed E-state index contributed by atoms with van der Waals surface area (Å²) < 4.78 is 10.9. The summed E-state index contributed by atoms with van der Waals surface area (Å²) in [5, 5.41) is 20.8. The summed E-state index contributed by atoms with van der Waals surface area (Å²) in [7, 11) is 0. The Hall–Kier alpha value is -2.67. The molecule has 41 heavy (non-hydrogen) atoms. The molecular weight excluding hydrogens is 536 g/mol. The summed E-state index contributed by atoms with van der Waals surface area (Å²) >= 11 is 1.07. The van der Waals surface area contributed by atoms with Crippen LogP contribution in [-0.4, -0.2) is 35.4 Å². The molecule has 0 aliphatic carbocycles. The van der Waals surface area contributed by atoms with Crippen LogP contribution in [-0.2, 0) is 9.47 Å². The molecule has 6 nitrogen and oxygen atoms in total. The van der Waals surface area contributed by atoms with E-state index in [9.17, 15) is 19.8 Å². The fraction of sp³-hybridized carbons (Fsp3) is 0.588. The largest absolute Gasteiger partial charge is 0.507 e. The van der Waals surface area contributed by atoms with Crippen LogP contribution in [0.5, 0.6) is 11.5 Å². The zero-order chi connectivity index (χ0) is 29.7. The number of carbonyl (C=O) groups is 2. The summed E-state index contributed by atoms with van der Waals surface area (Å²) in [4.78, 5) is 25.9. The molecule has 0 saturated carbocycles. The first-order valence-corrected chi connectivity index (χ1v) is 16.5. The molecular formula is C34H50O6S. The van der Waals surface area contributed by atoms with Crippen molar-refractivity contribution in [2.45, 2.75) is 126 Å². The van der Waals surface area contributed by atoms with Gasteiger partial charge in [-0.3, -0.25) is 0 Å². The molecule has 0 aliphatic rings. The quantitative estimate of drug-likeness (QED) is 0.105. The maximum absolute atomic E-state index is 12.6. The molecule has 228 valence electrons. The first kappa shape index (κ1) is 34.5. The first-order chi connectivity index (χ1) is 20.0. The lowest BCUT2D eigenvalue weighted by molar-refractivity contribution is 0.0488. The fourth-order valence-corrected chi connectivity index (χ4v) is 5.49. The van der Waals surface area contributed by atoms with Crippen molar-refractivity contribution in [2.24, 2.45) is 0 Å². The van der Waals surface area contributed by atoms with Gasteiger partial charge in [-0.1, -0.05) is 116 Å². The molecule has 2 N–H and O–H groups in total. The predicted molar refractivity (Wildman–Crippen MR) is 166 cm³/mol. The minimum absolute atomic E-state index is 0.0308. The van der Waals surface area contributed by atoms with Gasteiger partial charge in [0.05, 0.1) is 34.1 Å². The molecule has 0 heterocycles. The molecule has 0 atom stereocenters. The molecule has 0 amide bonds. The third kappa shape index (κ3) is 14.2. The number of phenolic OH excluding ortho intramolecular Hbond substituents is 2.